The van der Waals surface area contributed by atoms with Crippen molar-refractivity contribution in [2.45, 2.75) is 81.0 Å². The molecule has 2 aromatic carbocycles. The third-order valence-corrected chi connectivity index (χ3v) is 12.5. The van der Waals surface area contributed by atoms with Crippen molar-refractivity contribution in [3.63, 3.8) is 0 Å². The van der Waals surface area contributed by atoms with Gasteiger partial charge in [0.25, 0.3) is 15.9 Å². The van der Waals surface area contributed by atoms with Crippen LogP contribution in [0.5, 0.6) is 11.5 Å². The molecule has 5 N–H and O–H groups in total. The number of anilines is 2. The summed E-state index contributed by atoms with van der Waals surface area (Å²) in [6, 6.07) is 11.8. The van der Waals surface area contributed by atoms with E-state index < -0.39 is 58.0 Å². The quantitative estimate of drug-likeness (QED) is 0.151. The molecule has 7 rings (SSSR count). The van der Waals surface area contributed by atoms with Gasteiger partial charge in [-0.15, -0.1) is 11.3 Å². The molecule has 16 nitrogen and oxygen atoms in total. The maximum Gasteiger partial charge on any atom is 0.266 e. The Morgan fingerprint density at radius 2 is 1.91 bits per heavy atom. The predicted molar refractivity (Wildman–Crippen MR) is 217 cm³/mol. The second-order valence-corrected chi connectivity index (χ2v) is 17.4. The zero-order valence-electron chi connectivity index (χ0n) is 32.2. The SMILES string of the molecule is COc1ccc2c(O[C@@H]3C[C@@H](C(=O)N[C@]45C[C@H]4C=CCCCCC(=O)Nc4ccccc4S(=O)(=O)NC5=O)N(C(=O)CO)C3)cc(-c3csc(NC(C)C)n3)nc2c1. The number of hydrogen-bond acceptors (Lipinski definition) is 13. The molecule has 1 saturated carbocycles. The minimum atomic E-state index is -4.52. The molecule has 4 atom stereocenters. The minimum Gasteiger partial charge on any atom is -0.497 e. The second kappa shape index (κ2) is 16.7. The molecule has 18 heteroatoms. The number of hydrogen-bond donors (Lipinski definition) is 5. The van der Waals surface area contributed by atoms with Crippen molar-refractivity contribution < 1.29 is 42.2 Å². The van der Waals surface area contributed by atoms with Crippen LogP contribution in [0.4, 0.5) is 10.8 Å². The number of thiazole rings is 1. The van der Waals surface area contributed by atoms with E-state index in [9.17, 15) is 32.7 Å². The van der Waals surface area contributed by atoms with Crippen LogP contribution in [0.1, 0.15) is 52.4 Å². The fraction of sp³-hybridized carbons (Fsp3) is 0.400. The van der Waals surface area contributed by atoms with Crippen molar-refractivity contribution in [2.75, 3.05) is 30.9 Å². The van der Waals surface area contributed by atoms with Gasteiger partial charge in [-0.05, 0) is 63.8 Å². The van der Waals surface area contributed by atoms with Crippen molar-refractivity contribution >= 4 is 66.7 Å². The Bertz CT molecular complexity index is 2380. The molecule has 1 saturated heterocycles. The number of benzene rings is 2. The number of nitrogens with zero attached hydrogens (tertiary/aromatic N) is 3. The number of ether oxygens (including phenoxy) is 2. The Hall–Kier alpha value is -5.59. The summed E-state index contributed by atoms with van der Waals surface area (Å²) in [5.41, 5.74) is 0.0767. The van der Waals surface area contributed by atoms with Gasteiger partial charge in [-0.2, -0.15) is 0 Å². The van der Waals surface area contributed by atoms with Crippen molar-refractivity contribution in [2.24, 2.45) is 5.92 Å². The van der Waals surface area contributed by atoms with E-state index in [1.54, 1.807) is 43.5 Å². The lowest BCUT2D eigenvalue weighted by molar-refractivity contribution is -0.141. The van der Waals surface area contributed by atoms with Gasteiger partial charge in [0.05, 0.1) is 30.6 Å². The van der Waals surface area contributed by atoms with Crippen LogP contribution in [0.2, 0.25) is 0 Å². The minimum absolute atomic E-state index is 0.00435. The average molecular weight is 832 g/mol. The van der Waals surface area contributed by atoms with E-state index in [1.165, 1.54) is 34.4 Å². The summed E-state index contributed by atoms with van der Waals surface area (Å²) < 4.78 is 41.4. The second-order valence-electron chi connectivity index (χ2n) is 14.8. The highest BCUT2D eigenvalue weighted by Crippen LogP contribution is 2.46. The first-order valence-electron chi connectivity index (χ1n) is 19.0. The summed E-state index contributed by atoms with van der Waals surface area (Å²) in [5, 5.41) is 21.9. The number of pyridine rings is 1. The molecule has 0 bridgehead atoms. The van der Waals surface area contributed by atoms with Gasteiger partial charge in [-0.1, -0.05) is 24.3 Å². The first-order valence-corrected chi connectivity index (χ1v) is 21.4. The number of para-hydroxylation sites is 1. The van der Waals surface area contributed by atoms with Gasteiger partial charge < -0.3 is 35.4 Å². The van der Waals surface area contributed by atoms with Crippen LogP contribution in [-0.2, 0) is 29.2 Å². The molecule has 1 aliphatic carbocycles. The van der Waals surface area contributed by atoms with E-state index in [4.69, 9.17) is 19.4 Å². The number of sulfonamides is 1. The molecule has 2 aliphatic heterocycles. The first-order chi connectivity index (χ1) is 27.8. The van der Waals surface area contributed by atoms with Crippen LogP contribution in [0.25, 0.3) is 22.3 Å². The van der Waals surface area contributed by atoms with Crippen LogP contribution < -0.4 is 30.1 Å². The van der Waals surface area contributed by atoms with Crippen LogP contribution >= 0.6 is 11.3 Å². The smallest absolute Gasteiger partial charge is 0.266 e. The molecule has 3 aliphatic rings. The number of allylic oxidation sites excluding steroid dienone is 1. The number of carbonyl (C=O) groups is 4. The largest absolute Gasteiger partial charge is 0.497 e. The molecular formula is C40H45N7O9S2. The number of methoxy groups -OCH3 is 1. The summed E-state index contributed by atoms with van der Waals surface area (Å²) in [6.07, 6.45) is 5.00. The summed E-state index contributed by atoms with van der Waals surface area (Å²) in [6.45, 7) is 3.09. The fourth-order valence-corrected chi connectivity index (χ4v) is 9.35. The number of nitrogens with one attached hydrogen (secondary N) is 4. The Kier molecular flexibility index (Phi) is 11.7. The number of amides is 4. The number of fused-ring (bicyclic) bond motifs is 3. The van der Waals surface area contributed by atoms with Crippen molar-refractivity contribution in [1.82, 2.24) is 24.9 Å². The number of aliphatic hydroxyl groups is 1. The fourth-order valence-electron chi connectivity index (χ4n) is 7.29. The number of carbonyl (C=O) groups excluding carboxylic acids is 4. The van der Waals surface area contributed by atoms with Crippen molar-refractivity contribution in [3.8, 4) is 22.9 Å². The van der Waals surface area contributed by atoms with E-state index in [-0.39, 0.29) is 48.3 Å². The molecule has 4 amide bonds. The van der Waals surface area contributed by atoms with Gasteiger partial charge in [-0.25, -0.2) is 23.1 Å². The van der Waals surface area contributed by atoms with Gasteiger partial charge in [-0.3, -0.25) is 19.2 Å². The normalized spacial score (nSPS) is 23.1. The van der Waals surface area contributed by atoms with E-state index in [0.29, 0.717) is 53.1 Å². The third kappa shape index (κ3) is 8.63. The predicted octanol–water partition coefficient (Wildman–Crippen LogP) is 3.98. The number of aliphatic hydroxyl groups excluding tert-OH is 1. The van der Waals surface area contributed by atoms with Crippen molar-refractivity contribution in [3.05, 3.63) is 66.1 Å². The van der Waals surface area contributed by atoms with Crippen LogP contribution in [0, 0.1) is 5.92 Å². The molecule has 2 aromatic heterocycles. The lowest BCUT2D eigenvalue weighted by Crippen LogP contribution is -2.56. The van der Waals surface area contributed by atoms with Crippen LogP contribution in [0.15, 0.2) is 71.0 Å². The standard InChI is InChI=1S/C40H45N7O9S2/c1-23(2)41-39-44-31(22-57-39)30-18-33(27-15-14-25(55-3)16-29(27)42-30)56-26-17-32(47(20-26)36(50)21-48)37(51)45-40-19-24(40)10-6-4-5-7-13-35(49)43-28-11-8-9-12-34(28)58(53,54)46-38(40)52/h6,8-12,14-16,18,22-24,26,32,48H,4-5,7,13,17,19-21H2,1-3H3,(H,41,44)(H,43,49)(H,45,51)(H,46,52)/t24-,26-,32+,40-/m1/s1. The molecule has 0 radical (unpaired) electrons. The molecule has 58 heavy (non-hydrogen) atoms. The zero-order valence-corrected chi connectivity index (χ0v) is 33.8. The zero-order chi connectivity index (χ0) is 41.2. The molecule has 4 heterocycles. The Labute approximate surface area is 339 Å². The summed E-state index contributed by atoms with van der Waals surface area (Å²) >= 11 is 1.44. The van der Waals surface area contributed by atoms with E-state index in [1.807, 2.05) is 25.3 Å². The van der Waals surface area contributed by atoms with Crippen molar-refractivity contribution in [1.29, 1.82) is 0 Å². The molecule has 4 aromatic rings. The number of aromatic nitrogens is 2. The maximum atomic E-state index is 14.3. The highest BCUT2D eigenvalue weighted by molar-refractivity contribution is 7.90. The molecule has 0 unspecified atom stereocenters. The summed E-state index contributed by atoms with van der Waals surface area (Å²) in [7, 11) is -2.97. The van der Waals surface area contributed by atoms with Crippen LogP contribution in [-0.4, -0.2) is 96.0 Å². The van der Waals surface area contributed by atoms with Gasteiger partial charge >= 0.3 is 0 Å². The number of likely N-dealkylation sites (tertiary alicyclic amines) is 1. The van der Waals surface area contributed by atoms with Gasteiger partial charge in [0.15, 0.2) is 5.13 Å². The monoisotopic (exact) mass is 831 g/mol. The van der Waals surface area contributed by atoms with Gasteiger partial charge in [0.2, 0.25) is 17.7 Å². The number of rotatable bonds is 9. The van der Waals surface area contributed by atoms with E-state index in [2.05, 4.69) is 20.7 Å². The van der Waals surface area contributed by atoms with Gasteiger partial charge in [0, 0.05) is 47.7 Å². The molecule has 306 valence electrons. The van der Waals surface area contributed by atoms with E-state index in [0.717, 1.165) is 5.13 Å². The van der Waals surface area contributed by atoms with E-state index >= 15 is 0 Å². The third-order valence-electron chi connectivity index (χ3n) is 10.3. The lowest BCUT2D eigenvalue weighted by atomic mass is 10.1. The van der Waals surface area contributed by atoms with Crippen LogP contribution in [0.3, 0.4) is 0 Å². The lowest BCUT2D eigenvalue weighted by Gasteiger charge is -2.26. The topological polar surface area (TPSA) is 218 Å². The highest BCUT2D eigenvalue weighted by atomic mass is 32.2. The Morgan fingerprint density at radius 1 is 1.10 bits per heavy atom. The Morgan fingerprint density at radius 3 is 2.69 bits per heavy atom. The molecule has 0 spiro atoms. The Balaban J connectivity index is 1.16. The molecular weight excluding hydrogens is 787 g/mol. The van der Waals surface area contributed by atoms with Gasteiger partial charge in [0.1, 0.15) is 46.4 Å². The summed E-state index contributed by atoms with van der Waals surface area (Å²) in [4.78, 5) is 64.5. The highest BCUT2D eigenvalue weighted by Gasteiger charge is 2.61. The molecule has 2 fully saturated rings. The average Bonchev–Trinajstić information content (AvgIpc) is 3.46. The maximum absolute atomic E-state index is 14.3. The summed E-state index contributed by atoms with van der Waals surface area (Å²) in [5.74, 6) is -2.30. The first kappa shape index (κ1) is 40.6.